The fourth-order valence-corrected chi connectivity index (χ4v) is 6.18. The Hall–Kier alpha value is -4.10. The minimum Gasteiger partial charge on any atom is -0.495 e. The standard InChI is InChI=1S/C30H26ClN3O4/c1-38-23-12-11-20(31)17-22(23)32-28(35)27-25-24(26-21-10-6-5-9-19(21)14-16-33(26)27)29(36)34(30(25)37)15-13-18-7-3-2-4-8-18/h2-12,14,16-17,24-27H,13,15H2,1H3,(H,32,35). The Labute approximate surface area is 225 Å². The van der Waals surface area contributed by atoms with Crippen LogP contribution in [0.5, 0.6) is 5.75 Å². The van der Waals surface area contributed by atoms with Crippen molar-refractivity contribution in [2.24, 2.45) is 11.8 Å². The fraction of sp³-hybridized carbons (Fsp3) is 0.233. The average molecular weight is 528 g/mol. The normalized spacial score (nSPS) is 23.2. The molecule has 0 aromatic heterocycles. The molecule has 4 unspecified atom stereocenters. The highest BCUT2D eigenvalue weighted by Gasteiger charge is 2.64. The summed E-state index contributed by atoms with van der Waals surface area (Å²) in [6.45, 7) is 0.273. The number of hydrogen-bond acceptors (Lipinski definition) is 5. The molecule has 2 fully saturated rings. The number of hydrogen-bond donors (Lipinski definition) is 1. The number of carbonyl (C=O) groups excluding carboxylic acids is 3. The van der Waals surface area contributed by atoms with E-state index in [9.17, 15) is 14.4 Å². The van der Waals surface area contributed by atoms with Gasteiger partial charge in [-0.05, 0) is 47.4 Å². The predicted octanol–water partition coefficient (Wildman–Crippen LogP) is 4.54. The van der Waals surface area contributed by atoms with Crippen molar-refractivity contribution in [1.82, 2.24) is 9.80 Å². The summed E-state index contributed by atoms with van der Waals surface area (Å²) in [4.78, 5) is 44.8. The Bertz CT molecular complexity index is 1460. The van der Waals surface area contributed by atoms with Crippen LogP contribution < -0.4 is 10.1 Å². The van der Waals surface area contributed by atoms with Gasteiger partial charge in [0.05, 0.1) is 30.7 Å². The van der Waals surface area contributed by atoms with Crippen molar-refractivity contribution in [3.63, 3.8) is 0 Å². The topological polar surface area (TPSA) is 79.0 Å². The van der Waals surface area contributed by atoms with Crippen LogP contribution in [-0.2, 0) is 20.8 Å². The van der Waals surface area contributed by atoms with Crippen LogP contribution in [0.4, 0.5) is 5.69 Å². The molecule has 2 saturated heterocycles. The van der Waals surface area contributed by atoms with Crippen molar-refractivity contribution in [3.05, 3.63) is 101 Å². The molecule has 0 spiro atoms. The molecule has 192 valence electrons. The van der Waals surface area contributed by atoms with Gasteiger partial charge in [0.2, 0.25) is 17.7 Å². The van der Waals surface area contributed by atoms with Gasteiger partial charge >= 0.3 is 0 Å². The van der Waals surface area contributed by atoms with E-state index >= 15 is 0 Å². The van der Waals surface area contributed by atoms with Gasteiger partial charge in [-0.1, -0.05) is 66.2 Å². The third-order valence-corrected chi connectivity index (χ3v) is 7.94. The summed E-state index contributed by atoms with van der Waals surface area (Å²) in [5.41, 5.74) is 3.36. The van der Waals surface area contributed by atoms with Gasteiger partial charge in [-0.15, -0.1) is 0 Å². The quantitative estimate of drug-likeness (QED) is 0.476. The lowest BCUT2D eigenvalue weighted by atomic mass is 9.84. The number of ether oxygens (including phenoxy) is 1. The molecule has 0 aliphatic carbocycles. The summed E-state index contributed by atoms with van der Waals surface area (Å²) in [6, 6.07) is 21.2. The van der Waals surface area contributed by atoms with Gasteiger partial charge in [0.15, 0.2) is 0 Å². The number of carbonyl (C=O) groups is 3. The average Bonchev–Trinajstić information content (AvgIpc) is 3.40. The smallest absolute Gasteiger partial charge is 0.248 e. The zero-order valence-corrected chi connectivity index (χ0v) is 21.5. The molecule has 4 atom stereocenters. The van der Waals surface area contributed by atoms with E-state index in [-0.39, 0.29) is 18.4 Å². The van der Waals surface area contributed by atoms with Crippen molar-refractivity contribution in [3.8, 4) is 5.75 Å². The molecule has 1 N–H and O–H groups in total. The number of nitrogens with one attached hydrogen (secondary N) is 1. The largest absolute Gasteiger partial charge is 0.495 e. The van der Waals surface area contributed by atoms with E-state index in [0.717, 1.165) is 16.7 Å². The number of amides is 3. The van der Waals surface area contributed by atoms with Gasteiger partial charge in [0, 0.05) is 17.8 Å². The number of methoxy groups -OCH3 is 1. The van der Waals surface area contributed by atoms with E-state index in [1.807, 2.05) is 71.8 Å². The lowest BCUT2D eigenvalue weighted by Crippen LogP contribution is -2.46. The first-order valence-corrected chi connectivity index (χ1v) is 12.9. The van der Waals surface area contributed by atoms with Crippen molar-refractivity contribution in [1.29, 1.82) is 0 Å². The van der Waals surface area contributed by atoms with Crippen LogP contribution in [0.3, 0.4) is 0 Å². The molecule has 3 amide bonds. The van der Waals surface area contributed by atoms with Crippen molar-refractivity contribution < 1.29 is 19.1 Å². The van der Waals surface area contributed by atoms with Gasteiger partial charge in [-0.3, -0.25) is 19.3 Å². The van der Waals surface area contributed by atoms with Crippen molar-refractivity contribution in [2.75, 3.05) is 19.0 Å². The second-order valence-corrected chi connectivity index (χ2v) is 10.2. The van der Waals surface area contributed by atoms with Gasteiger partial charge in [0.25, 0.3) is 0 Å². The summed E-state index contributed by atoms with van der Waals surface area (Å²) < 4.78 is 5.40. The number of rotatable bonds is 6. The lowest BCUT2D eigenvalue weighted by Gasteiger charge is -2.35. The molecule has 0 saturated carbocycles. The number of halogens is 1. The summed E-state index contributed by atoms with van der Waals surface area (Å²) in [6.07, 6.45) is 4.31. The molecule has 0 radical (unpaired) electrons. The summed E-state index contributed by atoms with van der Waals surface area (Å²) in [5, 5.41) is 3.36. The monoisotopic (exact) mass is 527 g/mol. The van der Waals surface area contributed by atoms with Crippen LogP contribution >= 0.6 is 11.6 Å². The number of fused-ring (bicyclic) bond motifs is 5. The molecule has 38 heavy (non-hydrogen) atoms. The number of likely N-dealkylation sites (tertiary alicyclic amines) is 1. The molecular formula is C30H26ClN3O4. The second-order valence-electron chi connectivity index (χ2n) is 9.73. The van der Waals surface area contributed by atoms with E-state index in [4.69, 9.17) is 16.3 Å². The van der Waals surface area contributed by atoms with Crippen LogP contribution in [0, 0.1) is 11.8 Å². The Morgan fingerprint density at radius 3 is 2.50 bits per heavy atom. The number of anilines is 1. The molecule has 3 aliphatic heterocycles. The molecular weight excluding hydrogens is 502 g/mol. The highest BCUT2D eigenvalue weighted by molar-refractivity contribution is 6.31. The molecule has 3 aromatic carbocycles. The van der Waals surface area contributed by atoms with E-state index in [0.29, 0.717) is 22.9 Å². The minimum atomic E-state index is -0.878. The Morgan fingerprint density at radius 1 is 0.974 bits per heavy atom. The van der Waals surface area contributed by atoms with E-state index in [1.54, 1.807) is 18.2 Å². The second kappa shape index (κ2) is 9.65. The van der Waals surface area contributed by atoms with Crippen LogP contribution in [0.25, 0.3) is 6.08 Å². The Morgan fingerprint density at radius 2 is 1.71 bits per heavy atom. The highest BCUT2D eigenvalue weighted by Crippen LogP contribution is 2.52. The number of imide groups is 1. The van der Waals surface area contributed by atoms with E-state index in [2.05, 4.69) is 5.32 Å². The molecule has 6 rings (SSSR count). The summed E-state index contributed by atoms with van der Waals surface area (Å²) in [7, 11) is 1.51. The first-order valence-electron chi connectivity index (χ1n) is 12.6. The molecule has 3 aromatic rings. The summed E-state index contributed by atoms with van der Waals surface area (Å²) in [5.74, 6) is -1.96. The first-order chi connectivity index (χ1) is 18.5. The van der Waals surface area contributed by atoms with Gasteiger partial charge in [-0.25, -0.2) is 0 Å². The van der Waals surface area contributed by atoms with Crippen LogP contribution in [0.15, 0.2) is 79.0 Å². The molecule has 7 nitrogen and oxygen atoms in total. The van der Waals surface area contributed by atoms with Crippen LogP contribution in [0.1, 0.15) is 22.7 Å². The third kappa shape index (κ3) is 3.94. The minimum absolute atomic E-state index is 0.230. The van der Waals surface area contributed by atoms with Crippen molar-refractivity contribution >= 4 is 41.1 Å². The maximum atomic E-state index is 13.9. The van der Waals surface area contributed by atoms with Gasteiger partial charge < -0.3 is 15.0 Å². The first kappa shape index (κ1) is 24.2. The zero-order chi connectivity index (χ0) is 26.4. The number of benzene rings is 3. The highest BCUT2D eigenvalue weighted by atomic mass is 35.5. The SMILES string of the molecule is COc1ccc(Cl)cc1NC(=O)C1C2C(=O)N(CCc3ccccc3)C(=O)C2C2c3ccccc3C=CN12. The van der Waals surface area contributed by atoms with Crippen molar-refractivity contribution in [2.45, 2.75) is 18.5 Å². The predicted molar refractivity (Wildman–Crippen MR) is 144 cm³/mol. The van der Waals surface area contributed by atoms with E-state index < -0.39 is 29.8 Å². The lowest BCUT2D eigenvalue weighted by molar-refractivity contribution is -0.142. The van der Waals surface area contributed by atoms with Gasteiger partial charge in [0.1, 0.15) is 11.8 Å². The third-order valence-electron chi connectivity index (χ3n) is 7.71. The maximum Gasteiger partial charge on any atom is 0.248 e. The Kier molecular flexibility index (Phi) is 6.16. The zero-order valence-electron chi connectivity index (χ0n) is 20.7. The fourth-order valence-electron chi connectivity index (χ4n) is 6.01. The van der Waals surface area contributed by atoms with Crippen LogP contribution in [0.2, 0.25) is 5.02 Å². The maximum absolute atomic E-state index is 13.9. The summed E-state index contributed by atoms with van der Waals surface area (Å²) >= 11 is 6.19. The Balaban J connectivity index is 1.36. The van der Waals surface area contributed by atoms with Crippen LogP contribution in [-0.4, -0.2) is 47.2 Å². The molecule has 0 bridgehead atoms. The van der Waals surface area contributed by atoms with E-state index in [1.165, 1.54) is 12.0 Å². The number of nitrogens with zero attached hydrogens (tertiary/aromatic N) is 2. The molecule has 3 heterocycles. The molecule has 8 heteroatoms. The molecule has 3 aliphatic rings. The van der Waals surface area contributed by atoms with Gasteiger partial charge in [-0.2, -0.15) is 0 Å².